The summed E-state index contributed by atoms with van der Waals surface area (Å²) in [5.41, 5.74) is 5.64. The number of nitrogens with one attached hydrogen (secondary N) is 1. The molecule has 112 valence electrons. The molecule has 1 amide bonds. The molecular formula is C15H30N2O2. The molecule has 3 N–H and O–H groups in total. The van der Waals surface area contributed by atoms with Gasteiger partial charge >= 0.3 is 0 Å². The van der Waals surface area contributed by atoms with Crippen LogP contribution in [0.4, 0.5) is 0 Å². The Kier molecular flexibility index (Phi) is 6.80. The lowest BCUT2D eigenvalue weighted by atomic mass is 9.85. The summed E-state index contributed by atoms with van der Waals surface area (Å²) in [6, 6.07) is 0.243. The van der Waals surface area contributed by atoms with Gasteiger partial charge in [0.1, 0.15) is 0 Å². The Bertz CT molecular complexity index is 277. The lowest BCUT2D eigenvalue weighted by molar-refractivity contribution is -0.129. The van der Waals surface area contributed by atoms with Crippen LogP contribution in [0.15, 0.2) is 0 Å². The van der Waals surface area contributed by atoms with Gasteiger partial charge < -0.3 is 15.8 Å². The molecule has 0 aliphatic carbocycles. The number of amides is 1. The fourth-order valence-corrected chi connectivity index (χ4v) is 2.92. The van der Waals surface area contributed by atoms with Gasteiger partial charge in [0.15, 0.2) is 0 Å². The number of hydrogen-bond donors (Lipinski definition) is 2. The van der Waals surface area contributed by atoms with E-state index in [0.717, 1.165) is 45.1 Å². The van der Waals surface area contributed by atoms with Crippen LogP contribution < -0.4 is 11.1 Å². The molecule has 1 aliphatic heterocycles. The predicted octanol–water partition coefficient (Wildman–Crippen LogP) is 2.22. The fourth-order valence-electron chi connectivity index (χ4n) is 2.92. The second kappa shape index (κ2) is 7.85. The Morgan fingerprint density at radius 2 is 2.11 bits per heavy atom. The second-order valence-electron chi connectivity index (χ2n) is 5.66. The van der Waals surface area contributed by atoms with Crippen LogP contribution in [0, 0.1) is 5.92 Å². The smallest absolute Gasteiger partial charge is 0.224 e. The van der Waals surface area contributed by atoms with Gasteiger partial charge in [-0.05, 0) is 32.1 Å². The topological polar surface area (TPSA) is 64.4 Å². The number of ether oxygens (including phenoxy) is 1. The molecule has 4 heteroatoms. The summed E-state index contributed by atoms with van der Waals surface area (Å²) in [4.78, 5) is 12.2. The van der Waals surface area contributed by atoms with E-state index in [1.807, 2.05) is 0 Å². The fraction of sp³-hybridized carbons (Fsp3) is 0.933. The number of carbonyl (C=O) groups excluding carboxylic acids is 1. The Labute approximate surface area is 117 Å². The van der Waals surface area contributed by atoms with Crippen LogP contribution in [0.3, 0.4) is 0 Å². The van der Waals surface area contributed by atoms with E-state index in [1.165, 1.54) is 0 Å². The average Bonchev–Trinajstić information content (AvgIpc) is 2.44. The first kappa shape index (κ1) is 16.4. The first-order valence-corrected chi connectivity index (χ1v) is 7.75. The lowest BCUT2D eigenvalue weighted by Crippen LogP contribution is -2.50. The highest BCUT2D eigenvalue weighted by Gasteiger charge is 2.35. The van der Waals surface area contributed by atoms with E-state index < -0.39 is 0 Å². The number of hydrogen-bond acceptors (Lipinski definition) is 3. The third-order valence-electron chi connectivity index (χ3n) is 4.42. The molecule has 2 unspecified atom stereocenters. The number of nitrogens with two attached hydrogens (primary N) is 1. The molecular weight excluding hydrogens is 240 g/mol. The molecule has 0 bridgehead atoms. The summed E-state index contributed by atoms with van der Waals surface area (Å²) in [7, 11) is 0. The van der Waals surface area contributed by atoms with Crippen molar-refractivity contribution >= 4 is 5.91 Å². The van der Waals surface area contributed by atoms with Gasteiger partial charge in [0.25, 0.3) is 0 Å². The monoisotopic (exact) mass is 270 g/mol. The van der Waals surface area contributed by atoms with Gasteiger partial charge in [-0.15, -0.1) is 0 Å². The van der Waals surface area contributed by atoms with Gasteiger partial charge in [0.2, 0.25) is 5.91 Å². The number of rotatable bonds is 7. The van der Waals surface area contributed by atoms with Gasteiger partial charge in [-0.2, -0.15) is 0 Å². The highest BCUT2D eigenvalue weighted by Crippen LogP contribution is 2.31. The van der Waals surface area contributed by atoms with E-state index in [1.54, 1.807) is 0 Å². The minimum atomic E-state index is -0.0425. The van der Waals surface area contributed by atoms with Gasteiger partial charge in [-0.25, -0.2) is 0 Å². The molecule has 0 spiro atoms. The molecule has 1 saturated heterocycles. The maximum Gasteiger partial charge on any atom is 0.224 e. The molecule has 0 saturated carbocycles. The minimum absolute atomic E-state index is 0.0366. The second-order valence-corrected chi connectivity index (χ2v) is 5.66. The van der Waals surface area contributed by atoms with Crippen molar-refractivity contribution in [3.63, 3.8) is 0 Å². The van der Waals surface area contributed by atoms with Crippen molar-refractivity contribution in [2.24, 2.45) is 11.7 Å². The van der Waals surface area contributed by atoms with Crippen LogP contribution in [0.5, 0.6) is 0 Å². The van der Waals surface area contributed by atoms with Gasteiger partial charge in [0.05, 0.1) is 11.5 Å². The van der Waals surface area contributed by atoms with E-state index in [4.69, 9.17) is 10.5 Å². The summed E-state index contributed by atoms with van der Waals surface area (Å²) in [6.07, 6.45) is 5.72. The molecule has 4 nitrogen and oxygen atoms in total. The van der Waals surface area contributed by atoms with Crippen LogP contribution in [-0.2, 0) is 9.53 Å². The van der Waals surface area contributed by atoms with Crippen molar-refractivity contribution in [1.82, 2.24) is 5.32 Å². The molecule has 2 atom stereocenters. The normalized spacial score (nSPS) is 23.9. The zero-order valence-corrected chi connectivity index (χ0v) is 12.7. The summed E-state index contributed by atoms with van der Waals surface area (Å²) in [5, 5.41) is 3.18. The van der Waals surface area contributed by atoms with Crippen molar-refractivity contribution in [2.75, 3.05) is 13.2 Å². The van der Waals surface area contributed by atoms with Crippen LogP contribution in [0.2, 0.25) is 0 Å². The van der Waals surface area contributed by atoms with Crippen LogP contribution in [0.1, 0.15) is 59.3 Å². The summed E-state index contributed by atoms with van der Waals surface area (Å²) < 4.78 is 5.93. The van der Waals surface area contributed by atoms with Crippen molar-refractivity contribution < 1.29 is 9.53 Å². The highest BCUT2D eigenvalue weighted by atomic mass is 16.5. The molecule has 0 aromatic carbocycles. The van der Waals surface area contributed by atoms with Crippen molar-refractivity contribution in [3.8, 4) is 0 Å². The molecule has 1 heterocycles. The molecule has 0 aromatic heterocycles. The van der Waals surface area contributed by atoms with E-state index >= 15 is 0 Å². The lowest BCUT2D eigenvalue weighted by Gasteiger charge is -2.40. The SMILES string of the molecule is CCCC(CN)C(=O)NC1CCOC(CC)(CC)C1. The van der Waals surface area contributed by atoms with E-state index in [2.05, 4.69) is 26.1 Å². The predicted molar refractivity (Wildman–Crippen MR) is 77.9 cm³/mol. The molecule has 19 heavy (non-hydrogen) atoms. The molecule has 1 rings (SSSR count). The van der Waals surface area contributed by atoms with E-state index in [0.29, 0.717) is 6.54 Å². The van der Waals surface area contributed by atoms with Gasteiger partial charge in [-0.3, -0.25) is 4.79 Å². The van der Waals surface area contributed by atoms with Crippen molar-refractivity contribution in [2.45, 2.75) is 70.9 Å². The highest BCUT2D eigenvalue weighted by molar-refractivity contribution is 5.79. The Balaban J connectivity index is 2.54. The Morgan fingerprint density at radius 3 is 2.63 bits per heavy atom. The van der Waals surface area contributed by atoms with E-state index in [9.17, 15) is 4.79 Å². The van der Waals surface area contributed by atoms with Crippen LogP contribution >= 0.6 is 0 Å². The summed E-state index contributed by atoms with van der Waals surface area (Å²) in [5.74, 6) is 0.0860. The largest absolute Gasteiger partial charge is 0.375 e. The zero-order chi connectivity index (χ0) is 14.3. The molecule has 1 fully saturated rings. The maximum atomic E-state index is 12.2. The third-order valence-corrected chi connectivity index (χ3v) is 4.42. The standard InChI is InChI=1S/C15H30N2O2/c1-4-7-12(11-16)14(18)17-13-8-9-19-15(5-2,6-3)10-13/h12-13H,4-11,16H2,1-3H3,(H,17,18). The Morgan fingerprint density at radius 1 is 1.42 bits per heavy atom. The summed E-state index contributed by atoms with van der Waals surface area (Å²) in [6.45, 7) is 7.59. The van der Waals surface area contributed by atoms with Crippen molar-refractivity contribution in [3.05, 3.63) is 0 Å². The van der Waals surface area contributed by atoms with Crippen LogP contribution in [0.25, 0.3) is 0 Å². The third kappa shape index (κ3) is 4.46. The minimum Gasteiger partial charge on any atom is -0.375 e. The first-order valence-electron chi connectivity index (χ1n) is 7.75. The molecule has 0 aromatic rings. The summed E-state index contributed by atoms with van der Waals surface area (Å²) >= 11 is 0. The average molecular weight is 270 g/mol. The first-order chi connectivity index (χ1) is 9.10. The molecule has 0 radical (unpaired) electrons. The van der Waals surface area contributed by atoms with Gasteiger partial charge in [0, 0.05) is 19.2 Å². The molecule has 1 aliphatic rings. The van der Waals surface area contributed by atoms with E-state index in [-0.39, 0.29) is 23.5 Å². The quantitative estimate of drug-likeness (QED) is 0.745. The van der Waals surface area contributed by atoms with Crippen LogP contribution in [-0.4, -0.2) is 30.7 Å². The Hall–Kier alpha value is -0.610. The zero-order valence-electron chi connectivity index (χ0n) is 12.7. The number of carbonyl (C=O) groups is 1. The van der Waals surface area contributed by atoms with Gasteiger partial charge in [-0.1, -0.05) is 27.2 Å². The van der Waals surface area contributed by atoms with Crippen molar-refractivity contribution in [1.29, 1.82) is 0 Å². The maximum absolute atomic E-state index is 12.2.